The van der Waals surface area contributed by atoms with Crippen LogP contribution in [0, 0.1) is 11.6 Å². The van der Waals surface area contributed by atoms with Crippen molar-refractivity contribution in [1.82, 2.24) is 10.3 Å². The van der Waals surface area contributed by atoms with Gasteiger partial charge in [0.15, 0.2) is 11.6 Å². The van der Waals surface area contributed by atoms with Gasteiger partial charge in [0.1, 0.15) is 0 Å². The van der Waals surface area contributed by atoms with Gasteiger partial charge in [-0.1, -0.05) is 13.8 Å². The van der Waals surface area contributed by atoms with E-state index in [1.54, 1.807) is 7.05 Å². The van der Waals surface area contributed by atoms with Crippen LogP contribution in [0.3, 0.4) is 0 Å². The van der Waals surface area contributed by atoms with Crippen molar-refractivity contribution < 1.29 is 13.5 Å². The molecule has 21 heavy (non-hydrogen) atoms. The van der Waals surface area contributed by atoms with Gasteiger partial charge in [-0.25, -0.2) is 8.78 Å². The summed E-state index contributed by atoms with van der Waals surface area (Å²) in [6.07, 6.45) is 0. The average Bonchev–Trinajstić information content (AvgIpc) is 2.50. The summed E-state index contributed by atoms with van der Waals surface area (Å²) in [5, 5.41) is 3.63. The van der Waals surface area contributed by atoms with Crippen LogP contribution in [-0.2, 0) is 11.3 Å². The lowest BCUT2D eigenvalue weighted by Gasteiger charge is -2.26. The maximum absolute atomic E-state index is 13.4. The normalized spacial score (nSPS) is 17.1. The maximum Gasteiger partial charge on any atom is 0.256 e. The summed E-state index contributed by atoms with van der Waals surface area (Å²) in [5.74, 6) is -1.98. The highest BCUT2D eigenvalue weighted by atomic mass is 19.2. The monoisotopic (exact) mass is 296 g/mol. The van der Waals surface area contributed by atoms with Gasteiger partial charge in [-0.05, 0) is 24.6 Å². The molecule has 1 aromatic heterocycles. The molecule has 1 aliphatic heterocycles. The van der Waals surface area contributed by atoms with Gasteiger partial charge in [0.05, 0.1) is 24.6 Å². The van der Waals surface area contributed by atoms with Crippen LogP contribution in [0.5, 0.6) is 0 Å². The molecule has 0 amide bonds. The molecule has 0 aliphatic carbocycles. The molecule has 1 aliphatic rings. The first kappa shape index (κ1) is 15.6. The SMILES string of the molecule is CC.CNC1COCc2[nH]c(=O)c3cc(F)c(F)cc3c21. The molecule has 0 saturated carbocycles. The molecule has 114 valence electrons. The quantitative estimate of drug-likeness (QED) is 0.850. The minimum Gasteiger partial charge on any atom is -0.373 e. The van der Waals surface area contributed by atoms with E-state index in [4.69, 9.17) is 4.74 Å². The second-order valence-corrected chi connectivity index (χ2v) is 4.51. The van der Waals surface area contributed by atoms with Crippen molar-refractivity contribution in [1.29, 1.82) is 0 Å². The number of hydrogen-bond acceptors (Lipinski definition) is 3. The van der Waals surface area contributed by atoms with E-state index in [-0.39, 0.29) is 18.0 Å². The van der Waals surface area contributed by atoms with Crippen LogP contribution < -0.4 is 10.9 Å². The van der Waals surface area contributed by atoms with Gasteiger partial charge in [0.2, 0.25) is 0 Å². The number of fused-ring (bicyclic) bond motifs is 3. The minimum absolute atomic E-state index is 0.153. The third-order valence-electron chi connectivity index (χ3n) is 3.41. The number of aromatic nitrogens is 1. The zero-order valence-corrected chi connectivity index (χ0v) is 12.2. The number of likely N-dealkylation sites (N-methyl/N-ethyl adjacent to an activating group) is 1. The fraction of sp³-hybridized carbons (Fsp3) is 0.400. The highest BCUT2D eigenvalue weighted by Crippen LogP contribution is 2.30. The fourth-order valence-electron chi connectivity index (χ4n) is 2.49. The first-order chi connectivity index (χ1) is 10.1. The van der Waals surface area contributed by atoms with E-state index in [0.29, 0.717) is 17.7 Å². The van der Waals surface area contributed by atoms with Crippen molar-refractivity contribution in [2.45, 2.75) is 26.5 Å². The highest BCUT2D eigenvalue weighted by molar-refractivity contribution is 5.86. The Bertz CT molecular complexity index is 713. The molecule has 3 rings (SSSR count). The van der Waals surface area contributed by atoms with E-state index in [1.165, 1.54) is 0 Å². The highest BCUT2D eigenvalue weighted by Gasteiger charge is 2.24. The van der Waals surface area contributed by atoms with Crippen LogP contribution in [0.25, 0.3) is 10.8 Å². The van der Waals surface area contributed by atoms with E-state index in [2.05, 4.69) is 10.3 Å². The number of ether oxygens (including phenoxy) is 1. The number of aromatic amines is 1. The van der Waals surface area contributed by atoms with Crippen molar-refractivity contribution in [3.63, 3.8) is 0 Å². The first-order valence-electron chi connectivity index (χ1n) is 6.90. The smallest absolute Gasteiger partial charge is 0.256 e. The Hall–Kier alpha value is -1.79. The van der Waals surface area contributed by atoms with E-state index < -0.39 is 17.2 Å². The summed E-state index contributed by atoms with van der Waals surface area (Å²) in [6.45, 7) is 4.68. The minimum atomic E-state index is -1.02. The maximum atomic E-state index is 13.4. The van der Waals surface area contributed by atoms with Crippen LogP contribution in [-0.4, -0.2) is 18.6 Å². The van der Waals surface area contributed by atoms with E-state index in [1.807, 2.05) is 13.8 Å². The van der Waals surface area contributed by atoms with E-state index in [0.717, 1.165) is 17.7 Å². The third kappa shape index (κ3) is 2.69. The lowest BCUT2D eigenvalue weighted by Crippen LogP contribution is -2.30. The number of hydrogen-bond donors (Lipinski definition) is 2. The Morgan fingerprint density at radius 2 is 1.86 bits per heavy atom. The molecule has 1 unspecified atom stereocenters. The zero-order valence-electron chi connectivity index (χ0n) is 12.2. The van der Waals surface area contributed by atoms with Crippen LogP contribution in [0.1, 0.15) is 31.1 Å². The molecule has 2 heterocycles. The number of nitrogens with one attached hydrogen (secondary N) is 2. The van der Waals surface area contributed by atoms with Gasteiger partial charge in [-0.2, -0.15) is 0 Å². The second kappa shape index (κ2) is 6.32. The topological polar surface area (TPSA) is 54.1 Å². The van der Waals surface area contributed by atoms with Crippen molar-refractivity contribution in [2.75, 3.05) is 13.7 Å². The fourth-order valence-corrected chi connectivity index (χ4v) is 2.49. The molecule has 1 atom stereocenters. The molecule has 0 radical (unpaired) electrons. The molecule has 2 aromatic rings. The Morgan fingerprint density at radius 1 is 1.24 bits per heavy atom. The predicted octanol–water partition coefficient (Wildman–Crippen LogP) is 2.62. The van der Waals surface area contributed by atoms with Crippen LogP contribution >= 0.6 is 0 Å². The summed E-state index contributed by atoms with van der Waals surface area (Å²) >= 11 is 0. The summed E-state index contributed by atoms with van der Waals surface area (Å²) in [4.78, 5) is 14.6. The molecule has 1 aromatic carbocycles. The number of benzene rings is 1. The molecule has 6 heteroatoms. The van der Waals surface area contributed by atoms with Crippen LogP contribution in [0.15, 0.2) is 16.9 Å². The Balaban J connectivity index is 0.000000774. The van der Waals surface area contributed by atoms with Gasteiger partial charge < -0.3 is 15.0 Å². The number of H-pyrrole nitrogens is 1. The number of halogens is 2. The van der Waals surface area contributed by atoms with Gasteiger partial charge in [-0.15, -0.1) is 0 Å². The molecule has 4 nitrogen and oxygen atoms in total. The summed E-state index contributed by atoms with van der Waals surface area (Å²) in [5.41, 5.74) is 0.935. The van der Waals surface area contributed by atoms with Crippen LogP contribution in [0.4, 0.5) is 8.78 Å². The Kier molecular flexibility index (Phi) is 4.69. The number of rotatable bonds is 1. The molecule has 0 fully saturated rings. The standard InChI is InChI=1S/C13H12F2N2O2.C2H6/c1-16-10-4-19-5-11-12(10)6-2-8(14)9(15)3-7(6)13(18)17-11;1-2/h2-3,10,16H,4-5H2,1H3,(H,17,18);1-2H3. The first-order valence-corrected chi connectivity index (χ1v) is 6.90. The lowest BCUT2D eigenvalue weighted by atomic mass is 9.96. The predicted molar refractivity (Wildman–Crippen MR) is 77.3 cm³/mol. The number of pyridine rings is 1. The summed E-state index contributed by atoms with van der Waals surface area (Å²) in [7, 11) is 1.75. The molecule has 2 N–H and O–H groups in total. The van der Waals surface area contributed by atoms with E-state index >= 15 is 0 Å². The molecule has 0 spiro atoms. The second-order valence-electron chi connectivity index (χ2n) is 4.51. The third-order valence-corrected chi connectivity index (χ3v) is 3.41. The molecular weight excluding hydrogens is 278 g/mol. The Labute approximate surface area is 121 Å². The average molecular weight is 296 g/mol. The van der Waals surface area contributed by atoms with Crippen molar-refractivity contribution in [3.05, 3.63) is 45.4 Å². The van der Waals surface area contributed by atoms with Gasteiger partial charge >= 0.3 is 0 Å². The van der Waals surface area contributed by atoms with Crippen LogP contribution in [0.2, 0.25) is 0 Å². The Morgan fingerprint density at radius 3 is 2.48 bits per heavy atom. The molecular formula is C15H18F2N2O2. The molecule has 0 saturated heterocycles. The molecule has 0 bridgehead atoms. The van der Waals surface area contributed by atoms with Gasteiger partial charge in [0.25, 0.3) is 5.56 Å². The van der Waals surface area contributed by atoms with Gasteiger partial charge in [-0.3, -0.25) is 4.79 Å². The van der Waals surface area contributed by atoms with E-state index in [9.17, 15) is 13.6 Å². The van der Waals surface area contributed by atoms with Gasteiger partial charge in [0, 0.05) is 11.3 Å². The summed E-state index contributed by atoms with van der Waals surface area (Å²) < 4.78 is 32.1. The lowest BCUT2D eigenvalue weighted by molar-refractivity contribution is 0.0819. The van der Waals surface area contributed by atoms with Crippen molar-refractivity contribution >= 4 is 10.8 Å². The van der Waals surface area contributed by atoms with Crippen molar-refractivity contribution in [2.24, 2.45) is 0 Å². The largest absolute Gasteiger partial charge is 0.373 e. The zero-order chi connectivity index (χ0) is 15.6. The van der Waals surface area contributed by atoms with Crippen molar-refractivity contribution in [3.8, 4) is 0 Å². The summed E-state index contributed by atoms with van der Waals surface area (Å²) in [6, 6.07) is 1.85.